The largest absolute Gasteiger partial charge is 0.309 e. The van der Waals surface area contributed by atoms with E-state index >= 15 is 0 Å². The number of fused-ring (bicyclic) bond motifs is 1. The number of hydrogen-bond donors (Lipinski definition) is 0. The molecule has 138 valence electrons. The third-order valence-electron chi connectivity index (χ3n) is 5.21. The fourth-order valence-corrected chi connectivity index (χ4v) is 4.98. The molecule has 1 amide bonds. The van der Waals surface area contributed by atoms with Crippen LogP contribution in [-0.4, -0.2) is 44.0 Å². The number of amides is 1. The lowest BCUT2D eigenvalue weighted by Crippen LogP contribution is -2.46. The zero-order valence-electron chi connectivity index (χ0n) is 14.8. The van der Waals surface area contributed by atoms with E-state index in [1.54, 1.807) is 11.8 Å². The van der Waals surface area contributed by atoms with Crippen molar-refractivity contribution in [3.8, 4) is 0 Å². The van der Waals surface area contributed by atoms with Crippen LogP contribution in [0.3, 0.4) is 0 Å². The molecule has 2 heterocycles. The molecule has 7 heteroatoms. The van der Waals surface area contributed by atoms with E-state index in [0.717, 1.165) is 24.0 Å². The molecule has 0 unspecified atom stereocenters. The Morgan fingerprint density at radius 3 is 2.56 bits per heavy atom. The molecule has 2 aliphatic heterocycles. The third-order valence-corrected chi connectivity index (χ3v) is 7.09. The molecular weight excluding hydrogens is 343 g/mol. The summed E-state index contributed by atoms with van der Waals surface area (Å²) in [5, 5.41) is 0. The zero-order chi connectivity index (χ0) is 18.2. The molecule has 0 spiro atoms. The first kappa shape index (κ1) is 18.3. The quantitative estimate of drug-likeness (QED) is 0.824. The van der Waals surface area contributed by atoms with Gasteiger partial charge in [0.05, 0.1) is 11.4 Å². The van der Waals surface area contributed by atoms with Gasteiger partial charge in [0.15, 0.2) is 0 Å². The van der Waals surface area contributed by atoms with Crippen LogP contribution in [0.1, 0.15) is 37.3 Å². The number of nitrogens with zero attached hydrogens (tertiary/aromatic N) is 2. The number of halogens is 1. The maximum absolute atomic E-state index is 14.5. The number of sulfonamides is 1. The van der Waals surface area contributed by atoms with Crippen LogP contribution in [0, 0.1) is 18.7 Å². The molecule has 0 radical (unpaired) electrons. The molecule has 3 rings (SSSR count). The molecule has 0 aromatic heterocycles. The fourth-order valence-electron chi connectivity index (χ4n) is 3.84. The van der Waals surface area contributed by atoms with Crippen molar-refractivity contribution < 1.29 is 17.6 Å². The maximum atomic E-state index is 14.5. The first-order valence-corrected chi connectivity index (χ1v) is 10.5. The molecule has 0 N–H and O–H groups in total. The first-order valence-electron chi connectivity index (χ1n) is 8.91. The van der Waals surface area contributed by atoms with Gasteiger partial charge in [0.25, 0.3) is 0 Å². The van der Waals surface area contributed by atoms with Crippen LogP contribution in [0.5, 0.6) is 0 Å². The van der Waals surface area contributed by atoms with Crippen LogP contribution >= 0.6 is 0 Å². The first-order chi connectivity index (χ1) is 11.8. The van der Waals surface area contributed by atoms with Crippen molar-refractivity contribution in [2.45, 2.75) is 39.5 Å². The number of carbonyl (C=O) groups excluding carboxylic acids is 1. The van der Waals surface area contributed by atoms with Crippen molar-refractivity contribution in [2.24, 2.45) is 5.92 Å². The van der Waals surface area contributed by atoms with E-state index in [2.05, 4.69) is 0 Å². The lowest BCUT2D eigenvalue weighted by atomic mass is 9.93. The van der Waals surface area contributed by atoms with E-state index in [1.165, 1.54) is 10.4 Å². The van der Waals surface area contributed by atoms with Crippen molar-refractivity contribution in [1.82, 2.24) is 4.31 Å². The second kappa shape index (κ2) is 7.03. The minimum absolute atomic E-state index is 0.0720. The van der Waals surface area contributed by atoms with Gasteiger partial charge in [-0.15, -0.1) is 0 Å². The van der Waals surface area contributed by atoms with E-state index < -0.39 is 10.0 Å². The van der Waals surface area contributed by atoms with E-state index in [4.69, 9.17) is 0 Å². The summed E-state index contributed by atoms with van der Waals surface area (Å²) in [6.45, 7) is 4.74. The molecule has 1 aromatic rings. The molecule has 0 saturated carbocycles. The second-order valence-electron chi connectivity index (χ2n) is 6.92. The second-order valence-corrected chi connectivity index (χ2v) is 9.18. The smallest absolute Gasteiger partial charge is 0.230 e. The molecule has 25 heavy (non-hydrogen) atoms. The number of rotatable bonds is 3. The number of carbonyl (C=O) groups is 1. The minimum atomic E-state index is -3.21. The van der Waals surface area contributed by atoms with Crippen LogP contribution < -0.4 is 4.90 Å². The van der Waals surface area contributed by atoms with Gasteiger partial charge >= 0.3 is 0 Å². The summed E-state index contributed by atoms with van der Waals surface area (Å²) in [6, 6.07) is 3.43. The Bertz CT molecular complexity index is 771. The highest BCUT2D eigenvalue weighted by molar-refractivity contribution is 7.89. The number of aryl methyl sites for hydroxylation is 2. The lowest BCUT2D eigenvalue weighted by molar-refractivity contribution is -0.123. The fraction of sp³-hybridized carbons (Fsp3) is 0.611. The summed E-state index contributed by atoms with van der Waals surface area (Å²) < 4.78 is 39.9. The molecule has 0 bridgehead atoms. The highest BCUT2D eigenvalue weighted by Crippen LogP contribution is 2.33. The molecule has 2 aliphatic rings. The van der Waals surface area contributed by atoms with E-state index in [0.29, 0.717) is 38.2 Å². The molecule has 1 saturated heterocycles. The normalized spacial score (nSPS) is 19.7. The third kappa shape index (κ3) is 3.58. The predicted octanol–water partition coefficient (Wildman–Crippen LogP) is 2.48. The van der Waals surface area contributed by atoms with Crippen LogP contribution in [0.4, 0.5) is 10.1 Å². The van der Waals surface area contributed by atoms with Gasteiger partial charge in [-0.2, -0.15) is 0 Å². The summed E-state index contributed by atoms with van der Waals surface area (Å²) >= 11 is 0. The highest BCUT2D eigenvalue weighted by atomic mass is 32.2. The molecule has 0 aliphatic carbocycles. The average Bonchev–Trinajstić information content (AvgIpc) is 2.60. The predicted molar refractivity (Wildman–Crippen MR) is 95.6 cm³/mol. The Kier molecular flexibility index (Phi) is 5.16. The average molecular weight is 368 g/mol. The van der Waals surface area contributed by atoms with Crippen LogP contribution in [0.15, 0.2) is 12.1 Å². The Morgan fingerprint density at radius 1 is 1.24 bits per heavy atom. The summed E-state index contributed by atoms with van der Waals surface area (Å²) in [4.78, 5) is 14.6. The van der Waals surface area contributed by atoms with Gasteiger partial charge in [-0.1, -0.05) is 6.07 Å². The number of anilines is 1. The minimum Gasteiger partial charge on any atom is -0.309 e. The Balaban J connectivity index is 1.76. The molecule has 1 fully saturated rings. The maximum Gasteiger partial charge on any atom is 0.230 e. The molecule has 5 nitrogen and oxygen atoms in total. The van der Waals surface area contributed by atoms with Crippen molar-refractivity contribution in [3.05, 3.63) is 29.1 Å². The van der Waals surface area contributed by atoms with Crippen LogP contribution in [0.25, 0.3) is 0 Å². The van der Waals surface area contributed by atoms with Crippen molar-refractivity contribution >= 4 is 21.6 Å². The van der Waals surface area contributed by atoms with E-state index in [-0.39, 0.29) is 23.4 Å². The monoisotopic (exact) mass is 368 g/mol. The number of benzene rings is 1. The van der Waals surface area contributed by atoms with Gasteiger partial charge in [0, 0.05) is 25.6 Å². The van der Waals surface area contributed by atoms with Gasteiger partial charge in [-0.25, -0.2) is 17.1 Å². The Hall–Kier alpha value is -1.47. The van der Waals surface area contributed by atoms with Gasteiger partial charge < -0.3 is 4.90 Å². The van der Waals surface area contributed by atoms with E-state index in [1.807, 2.05) is 13.0 Å². The summed E-state index contributed by atoms with van der Waals surface area (Å²) in [7, 11) is -3.21. The topological polar surface area (TPSA) is 57.7 Å². The standard InChI is InChI=1S/C18H25FN2O3S/c1-3-25(23,24)20-9-6-14(7-10-20)18(22)21-8-4-5-15-11-13(2)12-16(19)17(15)21/h11-12,14H,3-10H2,1-2H3. The molecule has 0 atom stereocenters. The summed E-state index contributed by atoms with van der Waals surface area (Å²) in [5.41, 5.74) is 2.18. The van der Waals surface area contributed by atoms with Gasteiger partial charge in [0.1, 0.15) is 5.82 Å². The van der Waals surface area contributed by atoms with E-state index in [9.17, 15) is 17.6 Å². The van der Waals surface area contributed by atoms with Gasteiger partial charge in [-0.3, -0.25) is 4.79 Å². The van der Waals surface area contributed by atoms with Crippen molar-refractivity contribution in [2.75, 3.05) is 30.3 Å². The SMILES string of the molecule is CCS(=O)(=O)N1CCC(C(=O)N2CCCc3cc(C)cc(F)c32)CC1. The number of hydrogen-bond acceptors (Lipinski definition) is 3. The zero-order valence-corrected chi connectivity index (χ0v) is 15.6. The van der Waals surface area contributed by atoms with Crippen molar-refractivity contribution in [1.29, 1.82) is 0 Å². The van der Waals surface area contributed by atoms with Gasteiger partial charge in [-0.05, 0) is 56.7 Å². The number of piperidine rings is 1. The summed E-state index contributed by atoms with van der Waals surface area (Å²) in [6.07, 6.45) is 2.60. The summed E-state index contributed by atoms with van der Waals surface area (Å²) in [5.74, 6) is -0.573. The van der Waals surface area contributed by atoms with Crippen molar-refractivity contribution in [3.63, 3.8) is 0 Å². The van der Waals surface area contributed by atoms with Gasteiger partial charge in [0.2, 0.25) is 15.9 Å². The highest BCUT2D eigenvalue weighted by Gasteiger charge is 2.35. The van der Waals surface area contributed by atoms with Crippen LogP contribution in [-0.2, 0) is 21.2 Å². The Labute approximate surface area is 148 Å². The molecule has 1 aromatic carbocycles. The lowest BCUT2D eigenvalue weighted by Gasteiger charge is -2.36. The Morgan fingerprint density at radius 2 is 1.92 bits per heavy atom. The molecular formula is C18H25FN2O3S. The van der Waals surface area contributed by atoms with Crippen LogP contribution in [0.2, 0.25) is 0 Å².